The van der Waals surface area contributed by atoms with Crippen molar-refractivity contribution < 1.29 is 76.9 Å². The van der Waals surface area contributed by atoms with E-state index in [1.165, 1.54) is 42.5 Å². The Bertz CT molecular complexity index is 2570. The molecule has 0 radical (unpaired) electrons. The highest BCUT2D eigenvalue weighted by atomic mass is 32.2. The predicted molar refractivity (Wildman–Crippen MR) is 252 cm³/mol. The summed E-state index contributed by atoms with van der Waals surface area (Å²) in [5.74, 6) is -1.45. The number of amides is 3. The second-order valence-corrected chi connectivity index (χ2v) is 19.4. The van der Waals surface area contributed by atoms with Gasteiger partial charge in [-0.3, -0.25) is 19.0 Å². The van der Waals surface area contributed by atoms with Gasteiger partial charge in [0.1, 0.15) is 11.2 Å². The SMILES string of the molecule is C.C.CC(C)(C)OC(=O)NCCN.CC(C)(C)OC(=O)NCCNC(=O)Cc1cccc(NS(=O)(=O)c2ccc(C(F)(F)F)cn2)c1.O=C(O)Cc1cccc(NS(=O)(=O)c2ccc(C(F)(F)F)cn2)c1. The van der Waals surface area contributed by atoms with Crippen molar-refractivity contribution in [2.24, 2.45) is 5.73 Å². The molecule has 0 bridgehead atoms. The molecule has 2 aromatic carbocycles. The number of hydrogen-bond acceptors (Lipinski definition) is 13. The van der Waals surface area contributed by atoms with Crippen LogP contribution in [0.4, 0.5) is 47.3 Å². The van der Waals surface area contributed by atoms with E-state index >= 15 is 0 Å². The first-order valence-electron chi connectivity index (χ1n) is 20.1. The topological polar surface area (TPSA) is 287 Å². The van der Waals surface area contributed by atoms with Gasteiger partial charge in [-0.25, -0.2) is 19.6 Å². The molecule has 71 heavy (non-hydrogen) atoms. The number of carboxylic acid groups (broad SMARTS) is 1. The number of ether oxygens (including phenoxy) is 2. The molecule has 4 rings (SSSR count). The summed E-state index contributed by atoms with van der Waals surface area (Å²) in [5, 5.41) is 15.2. The molecule has 0 aliphatic carbocycles. The molecule has 0 spiro atoms. The fourth-order valence-corrected chi connectivity index (χ4v) is 6.87. The first-order chi connectivity index (χ1) is 31.7. The number of aliphatic carboxylic acids is 1. The summed E-state index contributed by atoms with van der Waals surface area (Å²) in [5.41, 5.74) is 3.01. The van der Waals surface area contributed by atoms with Crippen LogP contribution in [0, 0.1) is 0 Å². The molecule has 2 heterocycles. The standard InChI is InChI=1S/C21H25F3N4O5S.C14H11F3N2O4S.C7H16N2O2.2CH4/c1-20(2,3)33-19(30)26-10-9-25-17(29)12-14-5-4-6-16(11-14)28-34(31,32)18-8-7-15(13-27-18)21(22,23)24;15-14(16,17)10-4-5-12(18-8-10)24(22,23)19-11-3-1-2-9(6-11)7-13(20)21;1-7(2,3)11-6(10)9-5-4-8;;/h4-8,11,13,28H,9-10,12H2,1-3H3,(H,25,29)(H,26,30);1-6,8,19H,7H2,(H,20,21);4-5,8H2,1-3H3,(H,9,10);2*1H4. The minimum Gasteiger partial charge on any atom is -0.481 e. The first kappa shape index (κ1) is 64.3. The van der Waals surface area contributed by atoms with Gasteiger partial charge in [-0.15, -0.1) is 0 Å². The fourth-order valence-electron chi connectivity index (χ4n) is 4.91. The Morgan fingerprint density at radius 2 is 0.972 bits per heavy atom. The average Bonchev–Trinajstić information content (AvgIpc) is 3.20. The maximum atomic E-state index is 12.6. The van der Waals surface area contributed by atoms with E-state index in [9.17, 15) is 62.4 Å². The number of hydrogen-bond donors (Lipinski definition) is 7. The third kappa shape index (κ3) is 25.6. The molecule has 19 nitrogen and oxygen atoms in total. The highest BCUT2D eigenvalue weighted by Gasteiger charge is 2.32. The lowest BCUT2D eigenvalue weighted by Gasteiger charge is -2.19. The molecule has 0 aliphatic heterocycles. The summed E-state index contributed by atoms with van der Waals surface area (Å²) in [6.45, 7) is 11.8. The van der Waals surface area contributed by atoms with Crippen molar-refractivity contribution in [1.82, 2.24) is 25.9 Å². The number of sulfonamides is 2. The number of nitrogens with two attached hydrogens (primary N) is 1. The Hall–Kier alpha value is -6.74. The lowest BCUT2D eigenvalue weighted by atomic mass is 10.1. The van der Waals surface area contributed by atoms with E-state index in [1.807, 2.05) is 20.8 Å². The normalized spacial score (nSPS) is 11.5. The van der Waals surface area contributed by atoms with Crippen molar-refractivity contribution in [3.05, 3.63) is 107 Å². The Labute approximate surface area is 408 Å². The maximum absolute atomic E-state index is 12.6. The van der Waals surface area contributed by atoms with E-state index in [0.717, 1.165) is 12.1 Å². The van der Waals surface area contributed by atoms with Crippen LogP contribution in [-0.4, -0.2) is 93.4 Å². The van der Waals surface area contributed by atoms with Crippen molar-refractivity contribution in [1.29, 1.82) is 0 Å². The monoisotopic (exact) mass is 1050 g/mol. The van der Waals surface area contributed by atoms with Gasteiger partial charge in [0.15, 0.2) is 10.1 Å². The molecular weight excluding hydrogens is 995 g/mol. The van der Waals surface area contributed by atoms with Crippen molar-refractivity contribution in [3.8, 4) is 0 Å². The number of carboxylic acids is 1. The first-order valence-corrected chi connectivity index (χ1v) is 23.1. The van der Waals surface area contributed by atoms with E-state index in [4.69, 9.17) is 20.3 Å². The van der Waals surface area contributed by atoms with Crippen molar-refractivity contribution in [3.63, 3.8) is 0 Å². The number of nitrogens with zero attached hydrogens (tertiary/aromatic N) is 2. The third-order valence-corrected chi connectivity index (χ3v) is 10.3. The zero-order valence-electron chi connectivity index (χ0n) is 37.9. The molecule has 396 valence electrons. The zero-order valence-corrected chi connectivity index (χ0v) is 39.5. The number of halogens is 6. The Morgan fingerprint density at radius 3 is 1.31 bits per heavy atom. The fraction of sp³-hybridized carbons (Fsp3) is 0.409. The van der Waals surface area contributed by atoms with Gasteiger partial charge in [-0.1, -0.05) is 39.1 Å². The number of aromatic nitrogens is 2. The van der Waals surface area contributed by atoms with Gasteiger partial charge >= 0.3 is 30.5 Å². The number of pyridine rings is 2. The van der Waals surface area contributed by atoms with Crippen LogP contribution in [0.1, 0.15) is 78.6 Å². The molecule has 0 saturated heterocycles. The van der Waals surface area contributed by atoms with E-state index in [1.54, 1.807) is 26.8 Å². The van der Waals surface area contributed by atoms with Crippen LogP contribution in [0.5, 0.6) is 0 Å². The highest BCUT2D eigenvalue weighted by Crippen LogP contribution is 2.30. The summed E-state index contributed by atoms with van der Waals surface area (Å²) in [6, 6.07) is 14.4. The van der Waals surface area contributed by atoms with E-state index in [-0.39, 0.29) is 58.1 Å². The maximum Gasteiger partial charge on any atom is 0.417 e. The number of rotatable bonds is 15. The molecule has 4 aromatic rings. The van der Waals surface area contributed by atoms with Crippen molar-refractivity contribution in [2.75, 3.05) is 35.6 Å². The summed E-state index contributed by atoms with van der Waals surface area (Å²) in [7, 11) is -8.44. The second kappa shape index (κ2) is 27.6. The van der Waals surface area contributed by atoms with E-state index in [0.29, 0.717) is 48.7 Å². The Balaban J connectivity index is 0.00000115. The number of alkyl carbamates (subject to hydrolysis) is 2. The quantitative estimate of drug-likeness (QED) is 0.0453. The summed E-state index contributed by atoms with van der Waals surface area (Å²) < 4.78 is 139. The van der Waals surface area contributed by atoms with Crippen LogP contribution in [0.15, 0.2) is 95.2 Å². The number of carbonyl (C=O) groups excluding carboxylic acids is 3. The van der Waals surface area contributed by atoms with E-state index in [2.05, 4.69) is 35.4 Å². The summed E-state index contributed by atoms with van der Waals surface area (Å²) >= 11 is 0. The number of benzene rings is 2. The van der Waals surface area contributed by atoms with E-state index < -0.39 is 82.9 Å². The lowest BCUT2D eigenvalue weighted by molar-refractivity contribution is -0.138. The number of carbonyl (C=O) groups is 4. The minimum absolute atomic E-state index is 0. The van der Waals surface area contributed by atoms with Gasteiger partial charge in [0.05, 0.1) is 24.0 Å². The van der Waals surface area contributed by atoms with Crippen LogP contribution in [0.25, 0.3) is 0 Å². The largest absolute Gasteiger partial charge is 0.481 e. The van der Waals surface area contributed by atoms with Crippen molar-refractivity contribution >= 4 is 55.5 Å². The molecule has 0 fully saturated rings. The number of alkyl halides is 6. The van der Waals surface area contributed by atoms with Crippen LogP contribution in [0.2, 0.25) is 0 Å². The molecule has 0 aliphatic rings. The van der Waals surface area contributed by atoms with Crippen LogP contribution in [0.3, 0.4) is 0 Å². The molecular formula is C44H60F6N8O11S2. The molecule has 3 amide bonds. The molecule has 0 unspecified atom stereocenters. The van der Waals surface area contributed by atoms with Gasteiger partial charge in [-0.2, -0.15) is 43.2 Å². The highest BCUT2D eigenvalue weighted by molar-refractivity contribution is 7.93. The number of anilines is 2. The van der Waals surface area contributed by atoms with Crippen LogP contribution >= 0.6 is 0 Å². The van der Waals surface area contributed by atoms with Crippen LogP contribution in [-0.2, 0) is 64.3 Å². The van der Waals surface area contributed by atoms with Gasteiger partial charge in [0.25, 0.3) is 20.0 Å². The number of nitrogens with one attached hydrogen (secondary N) is 5. The Morgan fingerprint density at radius 1 is 0.592 bits per heavy atom. The molecule has 8 N–H and O–H groups in total. The third-order valence-electron chi connectivity index (χ3n) is 7.68. The van der Waals surface area contributed by atoms with Gasteiger partial charge in [-0.05, 0) is 101 Å². The second-order valence-electron chi connectivity index (χ2n) is 16.1. The van der Waals surface area contributed by atoms with Gasteiger partial charge < -0.3 is 36.3 Å². The predicted octanol–water partition coefficient (Wildman–Crippen LogP) is 7.35. The molecule has 0 atom stereocenters. The summed E-state index contributed by atoms with van der Waals surface area (Å²) in [6.07, 6.45) is -9.78. The zero-order chi connectivity index (χ0) is 52.4. The summed E-state index contributed by atoms with van der Waals surface area (Å²) in [4.78, 5) is 51.9. The average molecular weight is 1060 g/mol. The smallest absolute Gasteiger partial charge is 0.417 e. The molecule has 27 heteroatoms. The van der Waals surface area contributed by atoms with Crippen LogP contribution < -0.4 is 31.1 Å². The Kier molecular flexibility index (Phi) is 25.0. The van der Waals surface area contributed by atoms with Gasteiger partial charge in [0, 0.05) is 49.9 Å². The minimum atomic E-state index is -4.64. The van der Waals surface area contributed by atoms with Gasteiger partial charge in [0.2, 0.25) is 5.91 Å². The van der Waals surface area contributed by atoms with Crippen molar-refractivity contribution in [2.45, 2.75) is 103 Å². The lowest BCUT2D eigenvalue weighted by Crippen LogP contribution is -2.38. The molecule has 2 aromatic heterocycles. The molecule has 0 saturated carbocycles.